The van der Waals surface area contributed by atoms with Crippen LogP contribution in [0.3, 0.4) is 0 Å². The molecule has 1 aliphatic carbocycles. The fourth-order valence-electron chi connectivity index (χ4n) is 3.88. The molecule has 1 saturated carbocycles. The summed E-state index contributed by atoms with van der Waals surface area (Å²) in [5.41, 5.74) is 0.243. The highest BCUT2D eigenvalue weighted by molar-refractivity contribution is 8.00. The second kappa shape index (κ2) is 10.6. The minimum absolute atomic E-state index is 0.124. The number of rotatable bonds is 8. The summed E-state index contributed by atoms with van der Waals surface area (Å²) in [4.78, 5) is 0. The second-order valence-corrected chi connectivity index (χ2v) is 11.1. The zero-order chi connectivity index (χ0) is 20.9. The van der Waals surface area contributed by atoms with Gasteiger partial charge in [-0.25, -0.2) is 13.1 Å². The van der Waals surface area contributed by atoms with E-state index in [1.54, 1.807) is 0 Å². The van der Waals surface area contributed by atoms with Gasteiger partial charge in [-0.1, -0.05) is 49.6 Å². The van der Waals surface area contributed by atoms with E-state index < -0.39 is 46.4 Å². The molecule has 3 rings (SSSR count). The van der Waals surface area contributed by atoms with Crippen LogP contribution < -0.4 is 4.72 Å². The number of aliphatic hydroxyl groups is 3. The number of nitrogens with one attached hydrogen (secondary N) is 1. The van der Waals surface area contributed by atoms with E-state index in [9.17, 15) is 23.7 Å². The van der Waals surface area contributed by atoms with Crippen LogP contribution in [0.25, 0.3) is 0 Å². The first-order chi connectivity index (χ1) is 13.9. The molecule has 4 N–H and O–H groups in total. The molecule has 0 spiro atoms. The summed E-state index contributed by atoms with van der Waals surface area (Å²) in [5, 5.41) is 30.7. The Labute approximate surface area is 176 Å². The van der Waals surface area contributed by atoms with Gasteiger partial charge in [-0.2, -0.15) is 0 Å². The van der Waals surface area contributed by atoms with Crippen LogP contribution in [0.15, 0.2) is 30.3 Å². The molecule has 7 nitrogen and oxygen atoms in total. The van der Waals surface area contributed by atoms with E-state index in [2.05, 4.69) is 4.72 Å². The van der Waals surface area contributed by atoms with Gasteiger partial charge in [-0.05, 0) is 24.8 Å². The topological polar surface area (TPSA) is 116 Å². The van der Waals surface area contributed by atoms with Crippen LogP contribution in [0.4, 0.5) is 0 Å². The molecule has 1 aromatic rings. The third-order valence-corrected chi connectivity index (χ3v) is 8.48. The van der Waals surface area contributed by atoms with Gasteiger partial charge in [0.15, 0.2) is 0 Å². The molecule has 164 valence electrons. The summed E-state index contributed by atoms with van der Waals surface area (Å²) in [7, 11) is -3.71. The molecular weight excluding hydrogens is 414 g/mol. The van der Waals surface area contributed by atoms with Crippen molar-refractivity contribution in [1.29, 1.82) is 0 Å². The number of aliphatic hydroxyl groups excluding tert-OH is 3. The summed E-state index contributed by atoms with van der Waals surface area (Å²) in [6.45, 7) is -0.437. The van der Waals surface area contributed by atoms with Crippen molar-refractivity contribution < 1.29 is 28.5 Å². The minimum atomic E-state index is -3.71. The molecule has 1 heterocycles. The molecule has 0 unspecified atom stereocenters. The maximum absolute atomic E-state index is 12.7. The third-order valence-electron chi connectivity index (χ3n) is 5.58. The van der Waals surface area contributed by atoms with Crippen LogP contribution in [-0.4, -0.2) is 71.1 Å². The Hall–Kier alpha value is -0.680. The lowest BCUT2D eigenvalue weighted by Crippen LogP contribution is -2.63. The Morgan fingerprint density at radius 1 is 1.07 bits per heavy atom. The van der Waals surface area contributed by atoms with Crippen LogP contribution in [-0.2, 0) is 21.2 Å². The molecule has 9 heteroatoms. The lowest BCUT2D eigenvalue weighted by atomic mass is 9.99. The van der Waals surface area contributed by atoms with Crippen LogP contribution in [0.1, 0.15) is 37.7 Å². The number of hydrogen-bond acceptors (Lipinski definition) is 7. The molecule has 0 bridgehead atoms. The highest BCUT2D eigenvalue weighted by Crippen LogP contribution is 2.37. The molecule has 2 fully saturated rings. The predicted octanol–water partition coefficient (Wildman–Crippen LogP) is 1.02. The highest BCUT2D eigenvalue weighted by Gasteiger charge is 2.46. The second-order valence-electron chi connectivity index (χ2n) is 7.80. The van der Waals surface area contributed by atoms with E-state index in [1.165, 1.54) is 18.2 Å². The predicted molar refractivity (Wildman–Crippen MR) is 113 cm³/mol. The molecule has 0 aromatic heterocycles. The van der Waals surface area contributed by atoms with Gasteiger partial charge in [-0.15, -0.1) is 11.8 Å². The van der Waals surface area contributed by atoms with Crippen molar-refractivity contribution >= 4 is 21.8 Å². The van der Waals surface area contributed by atoms with Crippen molar-refractivity contribution in [2.45, 2.75) is 73.6 Å². The average molecular weight is 446 g/mol. The molecule has 2 aliphatic rings. The number of hydrogen-bond donors (Lipinski definition) is 4. The number of thioether (sulfide) groups is 1. The van der Waals surface area contributed by atoms with Crippen molar-refractivity contribution in [2.75, 3.05) is 12.4 Å². The normalized spacial score (nSPS) is 31.6. The zero-order valence-corrected chi connectivity index (χ0v) is 18.0. The van der Waals surface area contributed by atoms with Gasteiger partial charge in [0.2, 0.25) is 10.0 Å². The quantitative estimate of drug-likeness (QED) is 0.472. The summed E-state index contributed by atoms with van der Waals surface area (Å²) < 4.78 is 33.8. The Morgan fingerprint density at radius 2 is 1.76 bits per heavy atom. The fraction of sp³-hybridized carbons (Fsp3) is 0.700. The zero-order valence-electron chi connectivity index (χ0n) is 16.4. The Kier molecular flexibility index (Phi) is 8.38. The summed E-state index contributed by atoms with van der Waals surface area (Å²) >= 11 is 1.50. The molecule has 1 aromatic carbocycles. The van der Waals surface area contributed by atoms with Crippen LogP contribution in [0, 0.1) is 0 Å². The number of sulfonamides is 1. The lowest BCUT2D eigenvalue weighted by Gasteiger charge is -2.43. The van der Waals surface area contributed by atoms with Gasteiger partial charge in [-0.3, -0.25) is 0 Å². The SMILES string of the molecule is O=S(=O)(CCc1ccccc1)N[C@@H]1[C@@H](O)[C@H](O)[C@@H](CO)O[C@@H]1SC1CCCCC1. The summed E-state index contributed by atoms with van der Waals surface area (Å²) in [5.74, 6) is -0.124. The number of aryl methyl sites for hydroxylation is 1. The molecule has 1 aliphatic heterocycles. The number of benzene rings is 1. The first-order valence-electron chi connectivity index (χ1n) is 10.2. The smallest absolute Gasteiger partial charge is 0.212 e. The van der Waals surface area contributed by atoms with Gasteiger partial charge in [0.25, 0.3) is 0 Å². The van der Waals surface area contributed by atoms with Crippen molar-refractivity contribution in [2.24, 2.45) is 0 Å². The third kappa shape index (κ3) is 6.40. The molecule has 1 saturated heterocycles. The van der Waals surface area contributed by atoms with Gasteiger partial charge < -0.3 is 20.1 Å². The summed E-state index contributed by atoms with van der Waals surface area (Å²) in [6.07, 6.45) is 2.16. The van der Waals surface area contributed by atoms with E-state index >= 15 is 0 Å². The van der Waals surface area contributed by atoms with Crippen molar-refractivity contribution in [1.82, 2.24) is 4.72 Å². The van der Waals surface area contributed by atoms with Gasteiger partial charge in [0, 0.05) is 5.25 Å². The largest absolute Gasteiger partial charge is 0.394 e. The van der Waals surface area contributed by atoms with Crippen LogP contribution in [0.5, 0.6) is 0 Å². The van der Waals surface area contributed by atoms with Crippen molar-refractivity contribution in [3.63, 3.8) is 0 Å². The minimum Gasteiger partial charge on any atom is -0.394 e. The average Bonchev–Trinajstić information content (AvgIpc) is 2.73. The molecule has 29 heavy (non-hydrogen) atoms. The van der Waals surface area contributed by atoms with E-state index in [0.717, 1.165) is 31.2 Å². The monoisotopic (exact) mass is 445 g/mol. The Balaban J connectivity index is 1.69. The maximum atomic E-state index is 12.7. The van der Waals surface area contributed by atoms with Gasteiger partial charge >= 0.3 is 0 Å². The molecule has 0 amide bonds. The number of ether oxygens (including phenoxy) is 1. The van der Waals surface area contributed by atoms with E-state index in [4.69, 9.17) is 4.74 Å². The molecule has 0 radical (unpaired) electrons. The highest BCUT2D eigenvalue weighted by atomic mass is 32.2. The maximum Gasteiger partial charge on any atom is 0.212 e. The van der Waals surface area contributed by atoms with Gasteiger partial charge in [0.1, 0.15) is 23.7 Å². The Bertz CT molecular complexity index is 726. The first-order valence-corrected chi connectivity index (χ1v) is 12.8. The standard InChI is InChI=1S/C20H31NO6S2/c22-13-16-18(23)19(24)17(20(27-16)28-15-9-5-2-6-10-15)21-29(25,26)12-11-14-7-3-1-4-8-14/h1,3-4,7-8,15-24H,2,5-6,9-13H2/t16-,17-,18-,19-,20-/m1/s1. The molecule has 5 atom stereocenters. The Morgan fingerprint density at radius 3 is 2.41 bits per heavy atom. The van der Waals surface area contributed by atoms with E-state index in [1.807, 2.05) is 30.3 Å². The van der Waals surface area contributed by atoms with Crippen molar-refractivity contribution in [3.05, 3.63) is 35.9 Å². The van der Waals surface area contributed by atoms with E-state index in [-0.39, 0.29) is 5.75 Å². The lowest BCUT2D eigenvalue weighted by molar-refractivity contribution is -0.168. The van der Waals surface area contributed by atoms with Crippen molar-refractivity contribution in [3.8, 4) is 0 Å². The fourth-order valence-corrected chi connectivity index (χ4v) is 6.85. The van der Waals surface area contributed by atoms with Crippen LogP contribution in [0.2, 0.25) is 0 Å². The van der Waals surface area contributed by atoms with Gasteiger partial charge in [0.05, 0.1) is 18.4 Å². The van der Waals surface area contributed by atoms with E-state index in [0.29, 0.717) is 11.7 Å². The molecular formula is C20H31NO6S2. The van der Waals surface area contributed by atoms with Crippen LogP contribution >= 0.6 is 11.8 Å². The first kappa shape index (κ1) is 23.0. The summed E-state index contributed by atoms with van der Waals surface area (Å²) in [6, 6.07) is 8.35.